The highest BCUT2D eigenvalue weighted by molar-refractivity contribution is 5.93. The lowest BCUT2D eigenvalue weighted by Crippen LogP contribution is -2.34. The molecule has 120 valence electrons. The Kier molecular flexibility index (Phi) is 5.88. The number of carbonyl (C=O) groups is 2. The molecule has 0 radical (unpaired) electrons. The molecule has 2 aromatic carbocycles. The van der Waals surface area contributed by atoms with E-state index in [1.807, 2.05) is 36.4 Å². The quantitative estimate of drug-likeness (QED) is 0.856. The fourth-order valence-electron chi connectivity index (χ4n) is 2.14. The van der Waals surface area contributed by atoms with Gasteiger partial charge in [-0.2, -0.15) is 0 Å². The van der Waals surface area contributed by atoms with Crippen molar-refractivity contribution >= 4 is 17.5 Å². The number of nitrogens with one attached hydrogen (secondary N) is 1. The zero-order chi connectivity index (χ0) is 16.7. The number of aliphatic hydroxyl groups excluding tert-OH is 1. The minimum Gasteiger partial charge on any atom is -0.378 e. The Morgan fingerprint density at radius 3 is 2.22 bits per heavy atom. The minimum atomic E-state index is -1.22. The predicted octanol–water partition coefficient (Wildman–Crippen LogP) is 1.89. The van der Waals surface area contributed by atoms with Crippen LogP contribution in [0.5, 0.6) is 0 Å². The lowest BCUT2D eigenvalue weighted by atomic mass is 10.1. The SMILES string of the molecule is CN(C(=O)CCNC(=O)[C@@H](O)c1ccccc1)c1ccccc1. The van der Waals surface area contributed by atoms with Crippen molar-refractivity contribution in [2.75, 3.05) is 18.5 Å². The molecule has 0 spiro atoms. The van der Waals surface area contributed by atoms with Crippen LogP contribution in [0.1, 0.15) is 18.1 Å². The van der Waals surface area contributed by atoms with Crippen LogP contribution >= 0.6 is 0 Å². The number of benzene rings is 2. The van der Waals surface area contributed by atoms with E-state index in [0.29, 0.717) is 5.56 Å². The summed E-state index contributed by atoms with van der Waals surface area (Å²) in [6, 6.07) is 18.0. The van der Waals surface area contributed by atoms with Crippen molar-refractivity contribution in [3.05, 3.63) is 66.2 Å². The molecule has 0 aliphatic carbocycles. The lowest BCUT2D eigenvalue weighted by Gasteiger charge is -2.17. The molecule has 5 nitrogen and oxygen atoms in total. The maximum atomic E-state index is 12.1. The van der Waals surface area contributed by atoms with Gasteiger partial charge >= 0.3 is 0 Å². The fraction of sp³-hybridized carbons (Fsp3) is 0.222. The number of aliphatic hydroxyl groups is 1. The second-order valence-electron chi connectivity index (χ2n) is 5.14. The highest BCUT2D eigenvalue weighted by atomic mass is 16.3. The van der Waals surface area contributed by atoms with Crippen LogP contribution in [0.2, 0.25) is 0 Å². The zero-order valence-corrected chi connectivity index (χ0v) is 13.0. The van der Waals surface area contributed by atoms with Gasteiger partial charge in [0.25, 0.3) is 5.91 Å². The average molecular weight is 312 g/mol. The molecule has 0 saturated heterocycles. The summed E-state index contributed by atoms with van der Waals surface area (Å²) >= 11 is 0. The van der Waals surface area contributed by atoms with E-state index in [1.54, 1.807) is 36.2 Å². The summed E-state index contributed by atoms with van der Waals surface area (Å²) in [6.45, 7) is 0.179. The Bertz CT molecular complexity index is 586. The predicted molar refractivity (Wildman–Crippen MR) is 88.9 cm³/mol. The number of carbonyl (C=O) groups excluding carboxylic acids is 2. The van der Waals surface area contributed by atoms with Gasteiger partial charge in [0, 0.05) is 25.7 Å². The van der Waals surface area contributed by atoms with E-state index in [4.69, 9.17) is 0 Å². The third-order valence-electron chi connectivity index (χ3n) is 3.52. The van der Waals surface area contributed by atoms with Crippen molar-refractivity contribution in [2.24, 2.45) is 0 Å². The van der Waals surface area contributed by atoms with E-state index in [1.165, 1.54) is 0 Å². The second-order valence-corrected chi connectivity index (χ2v) is 5.14. The van der Waals surface area contributed by atoms with Crippen molar-refractivity contribution < 1.29 is 14.7 Å². The Morgan fingerprint density at radius 2 is 1.61 bits per heavy atom. The zero-order valence-electron chi connectivity index (χ0n) is 13.0. The van der Waals surface area contributed by atoms with Crippen molar-refractivity contribution in [1.82, 2.24) is 5.32 Å². The molecule has 2 aromatic rings. The molecular formula is C18H20N2O3. The molecule has 2 rings (SSSR count). The summed E-state index contributed by atoms with van der Waals surface area (Å²) in [6.07, 6.45) is -1.06. The molecular weight excluding hydrogens is 292 g/mol. The van der Waals surface area contributed by atoms with Crippen LogP contribution in [0, 0.1) is 0 Å². The van der Waals surface area contributed by atoms with Crippen LogP contribution < -0.4 is 10.2 Å². The van der Waals surface area contributed by atoms with Gasteiger partial charge in [0.15, 0.2) is 6.10 Å². The van der Waals surface area contributed by atoms with Crippen molar-refractivity contribution in [1.29, 1.82) is 0 Å². The van der Waals surface area contributed by atoms with Gasteiger partial charge in [-0.1, -0.05) is 48.5 Å². The number of hydrogen-bond donors (Lipinski definition) is 2. The molecule has 5 heteroatoms. The number of amides is 2. The van der Waals surface area contributed by atoms with Crippen LogP contribution in [0.25, 0.3) is 0 Å². The number of nitrogens with zero attached hydrogens (tertiary/aromatic N) is 1. The molecule has 1 atom stereocenters. The topological polar surface area (TPSA) is 69.6 Å². The van der Waals surface area contributed by atoms with Crippen LogP contribution in [0.15, 0.2) is 60.7 Å². The van der Waals surface area contributed by atoms with E-state index < -0.39 is 12.0 Å². The molecule has 2 N–H and O–H groups in total. The molecule has 0 aliphatic rings. The van der Waals surface area contributed by atoms with E-state index in [-0.39, 0.29) is 18.9 Å². The van der Waals surface area contributed by atoms with Crippen LogP contribution in [-0.4, -0.2) is 30.5 Å². The maximum Gasteiger partial charge on any atom is 0.253 e. The Balaban J connectivity index is 1.80. The van der Waals surface area contributed by atoms with Crippen molar-refractivity contribution in [2.45, 2.75) is 12.5 Å². The first-order chi connectivity index (χ1) is 11.1. The van der Waals surface area contributed by atoms with Gasteiger partial charge in [-0.05, 0) is 17.7 Å². The molecule has 0 unspecified atom stereocenters. The van der Waals surface area contributed by atoms with Gasteiger partial charge in [0.2, 0.25) is 5.91 Å². The molecule has 0 aromatic heterocycles. The van der Waals surface area contributed by atoms with Crippen LogP contribution in [0.4, 0.5) is 5.69 Å². The van der Waals surface area contributed by atoms with E-state index in [0.717, 1.165) is 5.69 Å². The fourth-order valence-corrected chi connectivity index (χ4v) is 2.14. The Labute approximate surface area is 135 Å². The van der Waals surface area contributed by atoms with Gasteiger partial charge in [-0.25, -0.2) is 0 Å². The number of anilines is 1. The first kappa shape index (κ1) is 16.7. The monoisotopic (exact) mass is 312 g/mol. The highest BCUT2D eigenvalue weighted by Gasteiger charge is 2.17. The summed E-state index contributed by atoms with van der Waals surface area (Å²) < 4.78 is 0. The molecule has 0 bridgehead atoms. The summed E-state index contributed by atoms with van der Waals surface area (Å²) in [7, 11) is 1.69. The van der Waals surface area contributed by atoms with Crippen LogP contribution in [0.3, 0.4) is 0 Å². The van der Waals surface area contributed by atoms with Crippen LogP contribution in [-0.2, 0) is 9.59 Å². The molecule has 0 aliphatic heterocycles. The number of rotatable bonds is 6. The third kappa shape index (κ3) is 4.66. The van der Waals surface area contributed by atoms with E-state index in [2.05, 4.69) is 5.32 Å². The molecule has 2 amide bonds. The van der Waals surface area contributed by atoms with Crippen molar-refractivity contribution in [3.63, 3.8) is 0 Å². The highest BCUT2D eigenvalue weighted by Crippen LogP contribution is 2.13. The molecule has 23 heavy (non-hydrogen) atoms. The minimum absolute atomic E-state index is 0.106. The Hall–Kier alpha value is -2.66. The second kappa shape index (κ2) is 8.10. The normalized spacial score (nSPS) is 11.6. The largest absolute Gasteiger partial charge is 0.378 e. The standard InChI is InChI=1S/C18H20N2O3/c1-20(15-10-6-3-7-11-15)16(21)12-13-19-18(23)17(22)14-8-4-2-5-9-14/h2-11,17,22H,12-13H2,1H3,(H,19,23)/t17-/m0/s1. The summed E-state index contributed by atoms with van der Waals surface area (Å²) in [5, 5.41) is 12.5. The summed E-state index contributed by atoms with van der Waals surface area (Å²) in [5.41, 5.74) is 1.32. The van der Waals surface area contributed by atoms with Gasteiger partial charge < -0.3 is 15.3 Å². The summed E-state index contributed by atoms with van der Waals surface area (Å²) in [4.78, 5) is 25.5. The first-order valence-electron chi connectivity index (χ1n) is 7.42. The van der Waals surface area contributed by atoms with E-state index in [9.17, 15) is 14.7 Å². The Morgan fingerprint density at radius 1 is 1.04 bits per heavy atom. The average Bonchev–Trinajstić information content (AvgIpc) is 2.61. The number of para-hydroxylation sites is 1. The van der Waals surface area contributed by atoms with E-state index >= 15 is 0 Å². The van der Waals surface area contributed by atoms with Gasteiger partial charge in [-0.15, -0.1) is 0 Å². The van der Waals surface area contributed by atoms with Crippen molar-refractivity contribution in [3.8, 4) is 0 Å². The van der Waals surface area contributed by atoms with Gasteiger partial charge in [-0.3, -0.25) is 9.59 Å². The smallest absolute Gasteiger partial charge is 0.253 e. The maximum absolute atomic E-state index is 12.1. The molecule has 0 fully saturated rings. The van der Waals surface area contributed by atoms with Gasteiger partial charge in [0.1, 0.15) is 0 Å². The lowest BCUT2D eigenvalue weighted by molar-refractivity contribution is -0.129. The number of hydrogen-bond acceptors (Lipinski definition) is 3. The molecule has 0 saturated carbocycles. The third-order valence-corrected chi connectivity index (χ3v) is 3.52. The first-order valence-corrected chi connectivity index (χ1v) is 7.42. The molecule has 0 heterocycles. The van der Waals surface area contributed by atoms with Gasteiger partial charge in [0.05, 0.1) is 0 Å². The summed E-state index contributed by atoms with van der Waals surface area (Å²) in [5.74, 6) is -0.614.